The predicted octanol–water partition coefficient (Wildman–Crippen LogP) is 3.52. The zero-order valence-corrected chi connectivity index (χ0v) is 13.8. The van der Waals surface area contributed by atoms with Crippen LogP contribution in [0.1, 0.15) is 44.4 Å². The smallest absolute Gasteiger partial charge is 0.0534 e. The summed E-state index contributed by atoms with van der Waals surface area (Å²) in [5, 5.41) is 4.49. The Bertz CT molecular complexity index is 590. The van der Waals surface area contributed by atoms with Crippen LogP contribution < -0.4 is 0 Å². The van der Waals surface area contributed by atoms with Crippen molar-refractivity contribution in [2.24, 2.45) is 11.8 Å². The molecule has 3 heterocycles. The number of rotatable bonds is 5. The molecule has 4 heteroatoms. The van der Waals surface area contributed by atoms with Crippen molar-refractivity contribution in [1.29, 1.82) is 0 Å². The van der Waals surface area contributed by atoms with Gasteiger partial charge in [-0.2, -0.15) is 5.10 Å². The van der Waals surface area contributed by atoms with Gasteiger partial charge >= 0.3 is 0 Å². The Labute approximate surface area is 133 Å². The highest BCUT2D eigenvalue weighted by molar-refractivity contribution is 5.17. The molecule has 0 bridgehead atoms. The van der Waals surface area contributed by atoms with Crippen LogP contribution in [0.5, 0.6) is 0 Å². The number of aromatic nitrogens is 3. The third kappa shape index (κ3) is 3.55. The quantitative estimate of drug-likeness (QED) is 0.847. The highest BCUT2D eigenvalue weighted by Crippen LogP contribution is 2.35. The number of hydrogen-bond donors (Lipinski definition) is 0. The van der Waals surface area contributed by atoms with Crippen LogP contribution in [0.3, 0.4) is 0 Å². The molecule has 2 aromatic heterocycles. The molecule has 4 nitrogen and oxygen atoms in total. The SMILES string of the molecule is CC(C)Cn1cc(CN2C[C@H](C)C[C@H]2c2cccnc2)cn1. The van der Waals surface area contributed by atoms with E-state index in [2.05, 4.69) is 52.7 Å². The average Bonchev–Trinajstić information content (AvgIpc) is 3.06. The molecular formula is C18H26N4. The topological polar surface area (TPSA) is 34.0 Å². The maximum absolute atomic E-state index is 4.49. The first-order valence-electron chi connectivity index (χ1n) is 8.27. The number of likely N-dealkylation sites (tertiary alicyclic amines) is 1. The van der Waals surface area contributed by atoms with Crippen LogP contribution in [0.4, 0.5) is 0 Å². The van der Waals surface area contributed by atoms with Crippen molar-refractivity contribution >= 4 is 0 Å². The molecule has 0 aliphatic carbocycles. The normalized spacial score (nSPS) is 22.5. The summed E-state index contributed by atoms with van der Waals surface area (Å²) in [5.74, 6) is 1.36. The van der Waals surface area contributed by atoms with Gasteiger partial charge in [-0.25, -0.2) is 0 Å². The van der Waals surface area contributed by atoms with E-state index < -0.39 is 0 Å². The highest BCUT2D eigenvalue weighted by Gasteiger charge is 2.30. The summed E-state index contributed by atoms with van der Waals surface area (Å²) >= 11 is 0. The van der Waals surface area contributed by atoms with E-state index in [9.17, 15) is 0 Å². The van der Waals surface area contributed by atoms with Gasteiger partial charge in [0, 0.05) is 49.8 Å². The summed E-state index contributed by atoms with van der Waals surface area (Å²) in [4.78, 5) is 6.86. The molecule has 118 valence electrons. The summed E-state index contributed by atoms with van der Waals surface area (Å²) < 4.78 is 2.07. The van der Waals surface area contributed by atoms with E-state index >= 15 is 0 Å². The van der Waals surface area contributed by atoms with Gasteiger partial charge in [-0.05, 0) is 29.9 Å². The number of pyridine rings is 1. The largest absolute Gasteiger partial charge is 0.292 e. The van der Waals surface area contributed by atoms with Crippen LogP contribution in [0.25, 0.3) is 0 Å². The lowest BCUT2D eigenvalue weighted by Gasteiger charge is -2.23. The van der Waals surface area contributed by atoms with Crippen molar-refractivity contribution in [3.63, 3.8) is 0 Å². The van der Waals surface area contributed by atoms with E-state index in [-0.39, 0.29) is 0 Å². The van der Waals surface area contributed by atoms with Gasteiger partial charge in [-0.15, -0.1) is 0 Å². The Morgan fingerprint density at radius 1 is 1.32 bits per heavy atom. The fourth-order valence-corrected chi connectivity index (χ4v) is 3.42. The Morgan fingerprint density at radius 2 is 2.18 bits per heavy atom. The Balaban J connectivity index is 1.71. The van der Waals surface area contributed by atoms with Gasteiger partial charge < -0.3 is 0 Å². The lowest BCUT2D eigenvalue weighted by atomic mass is 10.0. The second kappa shape index (κ2) is 6.61. The fourth-order valence-electron chi connectivity index (χ4n) is 3.42. The lowest BCUT2D eigenvalue weighted by Crippen LogP contribution is -2.23. The van der Waals surface area contributed by atoms with E-state index in [0.29, 0.717) is 12.0 Å². The first kappa shape index (κ1) is 15.2. The molecule has 1 aliphatic rings. The van der Waals surface area contributed by atoms with Crippen molar-refractivity contribution in [3.8, 4) is 0 Å². The van der Waals surface area contributed by atoms with Gasteiger partial charge in [-0.3, -0.25) is 14.6 Å². The molecule has 3 rings (SSSR count). The molecule has 2 atom stereocenters. The standard InChI is InChI=1S/C18H26N4/c1-14(2)10-22-13-16(8-20-22)12-21-11-15(3)7-18(21)17-5-4-6-19-9-17/h4-6,8-9,13-15,18H,7,10-12H2,1-3H3/t15-,18+/m1/s1. The highest BCUT2D eigenvalue weighted by atomic mass is 15.3. The molecule has 0 N–H and O–H groups in total. The molecule has 0 aromatic carbocycles. The molecule has 1 aliphatic heterocycles. The molecule has 0 spiro atoms. The number of hydrogen-bond acceptors (Lipinski definition) is 3. The third-order valence-corrected chi connectivity index (χ3v) is 4.31. The van der Waals surface area contributed by atoms with Gasteiger partial charge in [0.25, 0.3) is 0 Å². The zero-order chi connectivity index (χ0) is 15.5. The zero-order valence-electron chi connectivity index (χ0n) is 13.8. The minimum Gasteiger partial charge on any atom is -0.292 e. The van der Waals surface area contributed by atoms with Crippen molar-refractivity contribution in [1.82, 2.24) is 19.7 Å². The predicted molar refractivity (Wildman–Crippen MR) is 88.2 cm³/mol. The maximum atomic E-state index is 4.49. The van der Waals surface area contributed by atoms with E-state index in [0.717, 1.165) is 25.6 Å². The van der Waals surface area contributed by atoms with E-state index in [1.165, 1.54) is 17.5 Å². The van der Waals surface area contributed by atoms with Crippen LogP contribution in [0, 0.1) is 11.8 Å². The monoisotopic (exact) mass is 298 g/mol. The summed E-state index contributed by atoms with van der Waals surface area (Å²) in [5.41, 5.74) is 2.64. The Kier molecular flexibility index (Phi) is 4.57. The van der Waals surface area contributed by atoms with Crippen LogP contribution in [-0.2, 0) is 13.1 Å². The maximum Gasteiger partial charge on any atom is 0.0534 e. The van der Waals surface area contributed by atoms with Crippen LogP contribution in [-0.4, -0.2) is 26.2 Å². The van der Waals surface area contributed by atoms with E-state index in [1.807, 2.05) is 24.7 Å². The first-order valence-corrected chi connectivity index (χ1v) is 8.27. The molecular weight excluding hydrogens is 272 g/mol. The lowest BCUT2D eigenvalue weighted by molar-refractivity contribution is 0.245. The summed E-state index contributed by atoms with van der Waals surface area (Å²) in [6, 6.07) is 4.72. The van der Waals surface area contributed by atoms with Gasteiger partial charge in [0.15, 0.2) is 0 Å². The molecule has 0 amide bonds. The van der Waals surface area contributed by atoms with Gasteiger partial charge in [-0.1, -0.05) is 26.8 Å². The minimum absolute atomic E-state index is 0.483. The second-order valence-corrected chi connectivity index (χ2v) is 7.04. The van der Waals surface area contributed by atoms with Crippen LogP contribution in [0.2, 0.25) is 0 Å². The summed E-state index contributed by atoms with van der Waals surface area (Å²) in [6.45, 7) is 9.90. The third-order valence-electron chi connectivity index (χ3n) is 4.31. The van der Waals surface area contributed by atoms with Crippen molar-refractivity contribution in [3.05, 3.63) is 48.0 Å². The minimum atomic E-state index is 0.483. The Morgan fingerprint density at radius 3 is 2.91 bits per heavy atom. The molecule has 22 heavy (non-hydrogen) atoms. The summed E-state index contributed by atoms with van der Waals surface area (Å²) in [7, 11) is 0. The van der Waals surface area contributed by atoms with Crippen LogP contribution in [0.15, 0.2) is 36.9 Å². The van der Waals surface area contributed by atoms with E-state index in [1.54, 1.807) is 0 Å². The Hall–Kier alpha value is -1.68. The molecule has 1 saturated heterocycles. The van der Waals surface area contributed by atoms with Gasteiger partial charge in [0.1, 0.15) is 0 Å². The van der Waals surface area contributed by atoms with Crippen molar-refractivity contribution < 1.29 is 0 Å². The molecule has 2 aromatic rings. The molecule has 0 unspecified atom stereocenters. The first-order chi connectivity index (χ1) is 10.6. The van der Waals surface area contributed by atoms with E-state index in [4.69, 9.17) is 0 Å². The van der Waals surface area contributed by atoms with Gasteiger partial charge in [0.2, 0.25) is 0 Å². The van der Waals surface area contributed by atoms with Crippen molar-refractivity contribution in [2.45, 2.75) is 46.3 Å². The van der Waals surface area contributed by atoms with Crippen molar-refractivity contribution in [2.75, 3.05) is 6.54 Å². The fraction of sp³-hybridized carbons (Fsp3) is 0.556. The van der Waals surface area contributed by atoms with Gasteiger partial charge in [0.05, 0.1) is 6.20 Å². The molecule has 0 saturated carbocycles. The summed E-state index contributed by atoms with van der Waals surface area (Å²) in [6.07, 6.45) is 9.29. The molecule has 1 fully saturated rings. The number of nitrogens with zero attached hydrogens (tertiary/aromatic N) is 4. The van der Waals surface area contributed by atoms with Crippen LogP contribution >= 0.6 is 0 Å². The second-order valence-electron chi connectivity index (χ2n) is 7.04. The average molecular weight is 298 g/mol. The molecule has 0 radical (unpaired) electrons.